The third-order valence-electron chi connectivity index (χ3n) is 3.52. The van der Waals surface area contributed by atoms with Gasteiger partial charge in [-0.1, -0.05) is 6.92 Å². The first-order chi connectivity index (χ1) is 5.81. The quantitative estimate of drug-likeness (QED) is 0.755. The maximum absolute atomic E-state index is 5.71. The van der Waals surface area contributed by atoms with Crippen LogP contribution in [0, 0.1) is 11.8 Å². The molecule has 0 aromatic rings. The molecule has 0 spiro atoms. The molecule has 1 heterocycles. The standard InChI is InChI=1S/C10H20N2.ClH/c1-8-5-9(8)7-12-4-2-3-10(12)6-11;/h8-10H,2-7,11H2,1H3;1H. The van der Waals surface area contributed by atoms with Crippen molar-refractivity contribution in [3.63, 3.8) is 0 Å². The van der Waals surface area contributed by atoms with Crippen molar-refractivity contribution in [2.75, 3.05) is 19.6 Å². The summed E-state index contributed by atoms with van der Waals surface area (Å²) in [5, 5.41) is 0. The van der Waals surface area contributed by atoms with Crippen LogP contribution < -0.4 is 5.73 Å². The van der Waals surface area contributed by atoms with Crippen molar-refractivity contribution in [1.29, 1.82) is 0 Å². The zero-order valence-electron chi connectivity index (χ0n) is 8.41. The van der Waals surface area contributed by atoms with E-state index in [9.17, 15) is 0 Å². The summed E-state index contributed by atoms with van der Waals surface area (Å²) >= 11 is 0. The van der Waals surface area contributed by atoms with Gasteiger partial charge in [0.15, 0.2) is 0 Å². The molecule has 3 unspecified atom stereocenters. The summed E-state index contributed by atoms with van der Waals surface area (Å²) in [5.41, 5.74) is 5.71. The molecule has 1 saturated heterocycles. The number of nitrogens with zero attached hydrogens (tertiary/aromatic N) is 1. The maximum atomic E-state index is 5.71. The average Bonchev–Trinajstić information content (AvgIpc) is 2.62. The molecule has 3 atom stereocenters. The van der Waals surface area contributed by atoms with Crippen LogP contribution in [0.3, 0.4) is 0 Å². The molecule has 0 aromatic heterocycles. The van der Waals surface area contributed by atoms with Gasteiger partial charge in [0.1, 0.15) is 0 Å². The van der Waals surface area contributed by atoms with Gasteiger partial charge in [-0.25, -0.2) is 0 Å². The molecule has 1 aliphatic carbocycles. The lowest BCUT2D eigenvalue weighted by molar-refractivity contribution is 0.244. The normalized spacial score (nSPS) is 38.8. The van der Waals surface area contributed by atoms with E-state index in [-0.39, 0.29) is 12.4 Å². The molecule has 2 nitrogen and oxygen atoms in total. The van der Waals surface area contributed by atoms with Gasteiger partial charge in [-0.2, -0.15) is 0 Å². The van der Waals surface area contributed by atoms with Crippen LogP contribution in [0.15, 0.2) is 0 Å². The van der Waals surface area contributed by atoms with Crippen molar-refractivity contribution in [2.24, 2.45) is 17.6 Å². The van der Waals surface area contributed by atoms with E-state index in [1.807, 2.05) is 0 Å². The minimum absolute atomic E-state index is 0. The fourth-order valence-corrected chi connectivity index (χ4v) is 2.36. The molecule has 0 aromatic carbocycles. The number of rotatable bonds is 3. The Labute approximate surface area is 87.3 Å². The van der Waals surface area contributed by atoms with Gasteiger partial charge in [0, 0.05) is 19.1 Å². The highest BCUT2D eigenvalue weighted by molar-refractivity contribution is 5.85. The van der Waals surface area contributed by atoms with E-state index in [1.165, 1.54) is 32.4 Å². The van der Waals surface area contributed by atoms with E-state index in [0.29, 0.717) is 6.04 Å². The van der Waals surface area contributed by atoms with Crippen molar-refractivity contribution < 1.29 is 0 Å². The SMILES string of the molecule is CC1CC1CN1CCCC1CN.Cl. The number of hydrogen-bond donors (Lipinski definition) is 1. The van der Waals surface area contributed by atoms with Crippen molar-refractivity contribution in [3.05, 3.63) is 0 Å². The average molecular weight is 205 g/mol. The number of hydrogen-bond acceptors (Lipinski definition) is 2. The van der Waals surface area contributed by atoms with Crippen LogP contribution in [-0.4, -0.2) is 30.6 Å². The first kappa shape index (κ1) is 11.3. The van der Waals surface area contributed by atoms with Gasteiger partial charge in [-0.05, 0) is 37.6 Å². The number of likely N-dealkylation sites (tertiary alicyclic amines) is 1. The van der Waals surface area contributed by atoms with E-state index in [4.69, 9.17) is 5.73 Å². The van der Waals surface area contributed by atoms with Gasteiger partial charge < -0.3 is 5.73 Å². The molecule has 2 N–H and O–H groups in total. The van der Waals surface area contributed by atoms with Crippen molar-refractivity contribution in [1.82, 2.24) is 4.90 Å². The van der Waals surface area contributed by atoms with E-state index in [0.717, 1.165) is 18.4 Å². The summed E-state index contributed by atoms with van der Waals surface area (Å²) in [7, 11) is 0. The van der Waals surface area contributed by atoms with Gasteiger partial charge >= 0.3 is 0 Å². The molecule has 2 rings (SSSR count). The molecule has 3 heteroatoms. The Morgan fingerprint density at radius 1 is 1.46 bits per heavy atom. The lowest BCUT2D eigenvalue weighted by Crippen LogP contribution is -2.36. The summed E-state index contributed by atoms with van der Waals surface area (Å²) in [5.74, 6) is 1.99. The summed E-state index contributed by atoms with van der Waals surface area (Å²) < 4.78 is 0. The molecule has 1 aliphatic heterocycles. The smallest absolute Gasteiger partial charge is 0.0219 e. The number of halogens is 1. The lowest BCUT2D eigenvalue weighted by Gasteiger charge is -2.22. The zero-order valence-corrected chi connectivity index (χ0v) is 9.22. The van der Waals surface area contributed by atoms with Crippen LogP contribution >= 0.6 is 12.4 Å². The van der Waals surface area contributed by atoms with Crippen LogP contribution in [0.5, 0.6) is 0 Å². The van der Waals surface area contributed by atoms with Gasteiger partial charge in [0.05, 0.1) is 0 Å². The summed E-state index contributed by atoms with van der Waals surface area (Å²) in [6.45, 7) is 5.84. The van der Waals surface area contributed by atoms with Gasteiger partial charge in [0.2, 0.25) is 0 Å². The summed E-state index contributed by atoms with van der Waals surface area (Å²) in [4.78, 5) is 2.61. The molecule has 0 radical (unpaired) electrons. The molecule has 78 valence electrons. The predicted octanol–water partition coefficient (Wildman–Crippen LogP) is 1.49. The lowest BCUT2D eigenvalue weighted by atomic mass is 10.2. The summed E-state index contributed by atoms with van der Waals surface area (Å²) in [6.07, 6.45) is 4.15. The Bertz CT molecular complexity index is 163. The van der Waals surface area contributed by atoms with Gasteiger partial charge in [-0.3, -0.25) is 4.90 Å². The van der Waals surface area contributed by atoms with Gasteiger partial charge in [-0.15, -0.1) is 12.4 Å². The Balaban J connectivity index is 0.000000845. The second kappa shape index (κ2) is 4.63. The number of nitrogens with two attached hydrogens (primary N) is 1. The van der Waals surface area contributed by atoms with Crippen LogP contribution in [0.1, 0.15) is 26.2 Å². The fourth-order valence-electron chi connectivity index (χ4n) is 2.36. The van der Waals surface area contributed by atoms with E-state index < -0.39 is 0 Å². The molecule has 0 amide bonds. The van der Waals surface area contributed by atoms with Crippen molar-refractivity contribution >= 4 is 12.4 Å². The van der Waals surface area contributed by atoms with Crippen LogP contribution in [-0.2, 0) is 0 Å². The highest BCUT2D eigenvalue weighted by Crippen LogP contribution is 2.39. The van der Waals surface area contributed by atoms with E-state index in [1.54, 1.807) is 0 Å². The first-order valence-electron chi connectivity index (χ1n) is 5.25. The minimum atomic E-state index is 0. The fraction of sp³-hybridized carbons (Fsp3) is 1.00. The molecule has 13 heavy (non-hydrogen) atoms. The van der Waals surface area contributed by atoms with Crippen LogP contribution in [0.2, 0.25) is 0 Å². The molecule has 2 aliphatic rings. The minimum Gasteiger partial charge on any atom is -0.329 e. The second-order valence-corrected chi connectivity index (χ2v) is 4.50. The van der Waals surface area contributed by atoms with E-state index in [2.05, 4.69) is 11.8 Å². The summed E-state index contributed by atoms with van der Waals surface area (Å²) in [6, 6.07) is 0.706. The Morgan fingerprint density at radius 2 is 2.15 bits per heavy atom. The third kappa shape index (κ3) is 2.58. The zero-order chi connectivity index (χ0) is 8.55. The highest BCUT2D eigenvalue weighted by Gasteiger charge is 2.36. The second-order valence-electron chi connectivity index (χ2n) is 4.50. The largest absolute Gasteiger partial charge is 0.329 e. The Morgan fingerprint density at radius 3 is 2.69 bits per heavy atom. The molecule has 0 bridgehead atoms. The molecule has 2 fully saturated rings. The highest BCUT2D eigenvalue weighted by atomic mass is 35.5. The third-order valence-corrected chi connectivity index (χ3v) is 3.52. The van der Waals surface area contributed by atoms with Crippen LogP contribution in [0.4, 0.5) is 0 Å². The maximum Gasteiger partial charge on any atom is 0.0219 e. The predicted molar refractivity (Wildman–Crippen MR) is 58.2 cm³/mol. The molecular formula is C10H21ClN2. The Hall–Kier alpha value is 0.210. The van der Waals surface area contributed by atoms with Crippen LogP contribution in [0.25, 0.3) is 0 Å². The Kier molecular flexibility index (Phi) is 4.02. The molecule has 1 saturated carbocycles. The van der Waals surface area contributed by atoms with Gasteiger partial charge in [0.25, 0.3) is 0 Å². The van der Waals surface area contributed by atoms with Crippen molar-refractivity contribution in [3.8, 4) is 0 Å². The molecular weight excluding hydrogens is 184 g/mol. The van der Waals surface area contributed by atoms with E-state index >= 15 is 0 Å². The topological polar surface area (TPSA) is 29.3 Å². The van der Waals surface area contributed by atoms with Crippen molar-refractivity contribution in [2.45, 2.75) is 32.2 Å². The first-order valence-corrected chi connectivity index (χ1v) is 5.25. The monoisotopic (exact) mass is 204 g/mol.